The van der Waals surface area contributed by atoms with E-state index in [2.05, 4.69) is 20.2 Å². The number of carbonyl (C=O) groups is 1. The average Bonchev–Trinajstić information content (AvgIpc) is 3.52. The predicted molar refractivity (Wildman–Crippen MR) is 142 cm³/mol. The number of anilines is 3. The minimum atomic E-state index is -0.460. The normalized spacial score (nSPS) is 19.2. The van der Waals surface area contributed by atoms with Crippen LogP contribution in [0.2, 0.25) is 0 Å². The number of fused-ring (bicyclic) bond motifs is 1. The van der Waals surface area contributed by atoms with Crippen molar-refractivity contribution < 1.29 is 14.3 Å². The van der Waals surface area contributed by atoms with Crippen LogP contribution in [0.1, 0.15) is 46.8 Å². The van der Waals surface area contributed by atoms with Crippen LogP contribution in [0.25, 0.3) is 10.1 Å². The Hall–Kier alpha value is -2.82. The summed E-state index contributed by atoms with van der Waals surface area (Å²) in [4.78, 5) is 28.4. The molecular formula is C26H33FN6O2S. The van der Waals surface area contributed by atoms with Crippen molar-refractivity contribution in [1.82, 2.24) is 19.8 Å². The molecule has 4 heterocycles. The van der Waals surface area contributed by atoms with Gasteiger partial charge in [0.05, 0.1) is 34.1 Å². The zero-order valence-corrected chi connectivity index (χ0v) is 21.8. The first-order chi connectivity index (χ1) is 17.4. The van der Waals surface area contributed by atoms with Gasteiger partial charge < -0.3 is 20.2 Å². The van der Waals surface area contributed by atoms with E-state index in [1.54, 1.807) is 31.4 Å². The molecule has 2 N–H and O–H groups in total. The smallest absolute Gasteiger partial charge is 0.263 e. The SMILES string of the molecule is CN(C)C(=O)c1sc2cnc(Nc3ncc(N4CCN(C)[C@@H](CO)C4)cc3F)cc2c1C1CCCC1. The topological polar surface area (TPSA) is 84.8 Å². The Kier molecular flexibility index (Phi) is 7.09. The standard InChI is InChI=1S/C26H33FN6O2S/c1-31(2)26(35)24-23(16-6-4-5-7-16)19-11-22(28-13-21(19)36-24)30-25-20(27)10-17(12-29-25)33-9-8-32(3)18(14-33)15-34/h10-13,16,18,34H,4-9,14-15H2,1-3H3,(H,28,29,30)/t18-/m1/s1. The molecule has 0 spiro atoms. The highest BCUT2D eigenvalue weighted by Gasteiger charge is 2.29. The second-order valence-corrected chi connectivity index (χ2v) is 11.1. The number of halogens is 1. The van der Waals surface area contributed by atoms with Crippen LogP contribution in [-0.4, -0.2) is 84.2 Å². The van der Waals surface area contributed by atoms with Crippen LogP contribution >= 0.6 is 11.3 Å². The first kappa shape index (κ1) is 24.9. The molecule has 2 aliphatic rings. The summed E-state index contributed by atoms with van der Waals surface area (Å²) in [7, 11) is 5.54. The van der Waals surface area contributed by atoms with E-state index in [-0.39, 0.29) is 24.4 Å². The molecule has 2 fully saturated rings. The maximum Gasteiger partial charge on any atom is 0.263 e. The van der Waals surface area contributed by atoms with Crippen molar-refractivity contribution in [2.75, 3.05) is 57.6 Å². The Bertz CT molecular complexity index is 1260. The van der Waals surface area contributed by atoms with Gasteiger partial charge >= 0.3 is 0 Å². The Morgan fingerprint density at radius 2 is 2.00 bits per heavy atom. The number of pyridine rings is 2. The number of piperazine rings is 1. The van der Waals surface area contributed by atoms with Crippen molar-refractivity contribution in [3.8, 4) is 0 Å². The molecule has 0 unspecified atom stereocenters. The van der Waals surface area contributed by atoms with Crippen LogP contribution < -0.4 is 10.2 Å². The minimum Gasteiger partial charge on any atom is -0.395 e. The molecule has 1 aliphatic heterocycles. The van der Waals surface area contributed by atoms with E-state index in [1.165, 1.54) is 30.2 Å². The van der Waals surface area contributed by atoms with E-state index in [0.29, 0.717) is 24.0 Å². The predicted octanol–water partition coefficient (Wildman–Crippen LogP) is 4.05. The van der Waals surface area contributed by atoms with E-state index in [0.717, 1.165) is 46.5 Å². The maximum absolute atomic E-state index is 15.1. The fourth-order valence-corrected chi connectivity index (χ4v) is 6.52. The van der Waals surface area contributed by atoms with Gasteiger partial charge in [-0.25, -0.2) is 14.4 Å². The second kappa shape index (κ2) is 10.3. The van der Waals surface area contributed by atoms with Gasteiger partial charge in [-0.15, -0.1) is 11.3 Å². The third-order valence-electron chi connectivity index (χ3n) is 7.40. The molecule has 5 rings (SSSR count). The number of nitrogens with one attached hydrogen (secondary N) is 1. The molecule has 0 aromatic carbocycles. The lowest BCUT2D eigenvalue weighted by atomic mass is 9.94. The molecule has 8 nitrogen and oxygen atoms in total. The van der Waals surface area contributed by atoms with E-state index in [1.807, 2.05) is 18.0 Å². The van der Waals surface area contributed by atoms with Gasteiger partial charge in [0.1, 0.15) is 5.82 Å². The molecule has 3 aromatic heterocycles. The number of hydrogen-bond acceptors (Lipinski definition) is 8. The number of aliphatic hydroxyl groups is 1. The summed E-state index contributed by atoms with van der Waals surface area (Å²) in [6.07, 6.45) is 7.91. The van der Waals surface area contributed by atoms with Crippen molar-refractivity contribution in [3.05, 3.63) is 40.8 Å². The molecule has 1 atom stereocenters. The summed E-state index contributed by atoms with van der Waals surface area (Å²) in [5.74, 6) is 0.526. The highest BCUT2D eigenvalue weighted by atomic mass is 32.1. The summed E-state index contributed by atoms with van der Waals surface area (Å²) in [6, 6.07) is 3.42. The Morgan fingerprint density at radius 3 is 2.69 bits per heavy atom. The van der Waals surface area contributed by atoms with Gasteiger partial charge in [-0.05, 0) is 37.4 Å². The van der Waals surface area contributed by atoms with Crippen LogP contribution in [-0.2, 0) is 0 Å². The molecule has 36 heavy (non-hydrogen) atoms. The Morgan fingerprint density at radius 1 is 1.22 bits per heavy atom. The van der Waals surface area contributed by atoms with Crippen molar-refractivity contribution in [3.63, 3.8) is 0 Å². The van der Waals surface area contributed by atoms with E-state index in [4.69, 9.17) is 0 Å². The number of nitrogens with zero attached hydrogens (tertiary/aromatic N) is 5. The molecule has 1 saturated heterocycles. The largest absolute Gasteiger partial charge is 0.395 e. The third kappa shape index (κ3) is 4.77. The molecule has 192 valence electrons. The average molecular weight is 513 g/mol. The van der Waals surface area contributed by atoms with Crippen LogP contribution in [0.15, 0.2) is 24.5 Å². The van der Waals surface area contributed by atoms with Gasteiger partial charge in [0, 0.05) is 51.4 Å². The van der Waals surface area contributed by atoms with Gasteiger partial charge in [-0.3, -0.25) is 9.69 Å². The minimum absolute atomic E-state index is 0.0134. The Labute approximate surface area is 214 Å². The number of thiophene rings is 1. The van der Waals surface area contributed by atoms with Gasteiger partial charge in [-0.1, -0.05) is 12.8 Å². The summed E-state index contributed by atoms with van der Waals surface area (Å²) in [5.41, 5.74) is 1.80. The van der Waals surface area contributed by atoms with Gasteiger partial charge in [-0.2, -0.15) is 0 Å². The number of hydrogen-bond donors (Lipinski definition) is 2. The summed E-state index contributed by atoms with van der Waals surface area (Å²) in [6.45, 7) is 2.22. The molecule has 3 aromatic rings. The third-order valence-corrected chi connectivity index (χ3v) is 8.55. The summed E-state index contributed by atoms with van der Waals surface area (Å²) in [5, 5.41) is 13.7. The summed E-state index contributed by atoms with van der Waals surface area (Å²) < 4.78 is 16.1. The zero-order valence-electron chi connectivity index (χ0n) is 21.0. The number of likely N-dealkylation sites (N-methyl/N-ethyl adjacent to an activating group) is 1. The number of carbonyl (C=O) groups excluding carboxylic acids is 1. The maximum atomic E-state index is 15.1. The lowest BCUT2D eigenvalue weighted by Gasteiger charge is -2.39. The van der Waals surface area contributed by atoms with Crippen molar-refractivity contribution >= 4 is 44.7 Å². The Balaban J connectivity index is 1.42. The molecule has 1 saturated carbocycles. The second-order valence-electron chi connectivity index (χ2n) is 10.0. The lowest BCUT2D eigenvalue weighted by Crippen LogP contribution is -2.53. The van der Waals surface area contributed by atoms with E-state index in [9.17, 15) is 9.90 Å². The fourth-order valence-electron chi connectivity index (χ4n) is 5.26. The van der Waals surface area contributed by atoms with Gasteiger partial charge in [0.15, 0.2) is 11.6 Å². The van der Waals surface area contributed by atoms with E-state index < -0.39 is 5.82 Å². The number of rotatable bonds is 6. The van der Waals surface area contributed by atoms with Crippen LogP contribution in [0.3, 0.4) is 0 Å². The van der Waals surface area contributed by atoms with Gasteiger partial charge in [0.2, 0.25) is 0 Å². The monoisotopic (exact) mass is 512 g/mol. The molecular weight excluding hydrogens is 479 g/mol. The molecule has 0 bridgehead atoms. The zero-order chi connectivity index (χ0) is 25.4. The van der Waals surface area contributed by atoms with E-state index >= 15 is 4.39 Å². The van der Waals surface area contributed by atoms with Crippen LogP contribution in [0.4, 0.5) is 21.7 Å². The quantitative estimate of drug-likeness (QED) is 0.516. The number of aliphatic hydroxyl groups excluding tert-OH is 1. The van der Waals surface area contributed by atoms with Crippen molar-refractivity contribution in [2.45, 2.75) is 37.6 Å². The highest BCUT2D eigenvalue weighted by molar-refractivity contribution is 7.21. The number of aromatic nitrogens is 2. The van der Waals surface area contributed by atoms with Crippen molar-refractivity contribution in [1.29, 1.82) is 0 Å². The molecule has 1 aliphatic carbocycles. The molecule has 0 radical (unpaired) electrons. The number of amides is 1. The summed E-state index contributed by atoms with van der Waals surface area (Å²) >= 11 is 1.49. The van der Waals surface area contributed by atoms with Gasteiger partial charge in [0.25, 0.3) is 5.91 Å². The lowest BCUT2D eigenvalue weighted by molar-refractivity contribution is 0.0831. The van der Waals surface area contributed by atoms with Crippen LogP contribution in [0, 0.1) is 5.82 Å². The highest BCUT2D eigenvalue weighted by Crippen LogP contribution is 2.44. The van der Waals surface area contributed by atoms with Crippen molar-refractivity contribution in [2.24, 2.45) is 0 Å². The van der Waals surface area contributed by atoms with Crippen LogP contribution in [0.5, 0.6) is 0 Å². The first-order valence-corrected chi connectivity index (χ1v) is 13.3. The molecule has 1 amide bonds. The molecule has 10 heteroatoms. The fraction of sp³-hybridized carbons (Fsp3) is 0.500. The first-order valence-electron chi connectivity index (χ1n) is 12.5.